The molecule has 0 aliphatic heterocycles. The molecule has 0 aliphatic carbocycles. The lowest BCUT2D eigenvalue weighted by Crippen LogP contribution is -2.15. The Balaban J connectivity index is 2.52. The molecule has 4 nitrogen and oxygen atoms in total. The predicted octanol–water partition coefficient (Wildman–Crippen LogP) is 4.39. The Morgan fingerprint density at radius 2 is 1.95 bits per heavy atom. The first-order chi connectivity index (χ1) is 10.1. The molecule has 118 valence electrons. The van der Waals surface area contributed by atoms with E-state index in [1.54, 1.807) is 0 Å². The molecule has 2 aromatic heterocycles. The number of hydrogen-bond acceptors (Lipinski definition) is 2. The minimum Gasteiger partial charge on any atom is -0.310 e. The Bertz CT molecular complexity index is 585. The van der Waals surface area contributed by atoms with E-state index in [1.165, 1.54) is 32.1 Å². The average Bonchev–Trinajstić information content (AvgIpc) is 2.95. The van der Waals surface area contributed by atoms with Crippen molar-refractivity contribution in [3.05, 3.63) is 11.5 Å². The molecule has 0 fully saturated rings. The van der Waals surface area contributed by atoms with Gasteiger partial charge in [-0.25, -0.2) is 4.98 Å². The average molecular weight is 311 g/mol. The maximum Gasteiger partial charge on any atom is 0.158 e. The molecule has 0 amide bonds. The zero-order valence-electron chi connectivity index (χ0n) is 13.7. The van der Waals surface area contributed by atoms with Crippen LogP contribution in [0.15, 0.2) is 0 Å². The van der Waals surface area contributed by atoms with Crippen LogP contribution in [0.5, 0.6) is 0 Å². The van der Waals surface area contributed by atoms with Crippen molar-refractivity contribution in [3.63, 3.8) is 0 Å². The molecular weight excluding hydrogens is 284 g/mol. The molecule has 5 heteroatoms. The van der Waals surface area contributed by atoms with Crippen LogP contribution in [0.25, 0.3) is 11.2 Å². The van der Waals surface area contributed by atoms with Crippen LogP contribution in [0, 0.1) is 6.92 Å². The Morgan fingerprint density at radius 1 is 1.19 bits per heavy atom. The van der Waals surface area contributed by atoms with Gasteiger partial charge in [0, 0.05) is 25.4 Å². The molecule has 1 atom stereocenters. The molecule has 0 N–H and O–H groups in total. The van der Waals surface area contributed by atoms with Crippen molar-refractivity contribution in [2.24, 2.45) is 7.05 Å². The van der Waals surface area contributed by atoms with Crippen LogP contribution in [0.1, 0.15) is 63.5 Å². The largest absolute Gasteiger partial charge is 0.310 e. The van der Waals surface area contributed by atoms with Gasteiger partial charge in [-0.3, -0.25) is 4.68 Å². The molecule has 2 rings (SSSR count). The van der Waals surface area contributed by atoms with Crippen LogP contribution < -0.4 is 0 Å². The van der Waals surface area contributed by atoms with E-state index in [-0.39, 0.29) is 0 Å². The summed E-state index contributed by atoms with van der Waals surface area (Å²) in [6.07, 6.45) is 6.88. The molecule has 0 bridgehead atoms. The van der Waals surface area contributed by atoms with Crippen LogP contribution in [0.2, 0.25) is 0 Å². The number of aromatic nitrogens is 4. The molecule has 0 radical (unpaired) electrons. The number of imidazole rings is 1. The van der Waals surface area contributed by atoms with Gasteiger partial charge in [-0.15, -0.1) is 11.6 Å². The smallest absolute Gasteiger partial charge is 0.158 e. The molecule has 0 spiro atoms. The number of aryl methyl sites for hydroxylation is 3. The molecule has 0 saturated heterocycles. The molecule has 0 aromatic carbocycles. The quantitative estimate of drug-likeness (QED) is 0.678. The van der Waals surface area contributed by atoms with Crippen molar-refractivity contribution in [2.45, 2.75) is 65.3 Å². The zero-order valence-corrected chi connectivity index (χ0v) is 14.4. The van der Waals surface area contributed by atoms with Gasteiger partial charge in [-0.05, 0) is 19.8 Å². The fourth-order valence-corrected chi connectivity index (χ4v) is 3.33. The number of rotatable bonds is 8. The Kier molecular flexibility index (Phi) is 5.68. The van der Waals surface area contributed by atoms with Crippen molar-refractivity contribution < 1.29 is 0 Å². The molecule has 21 heavy (non-hydrogen) atoms. The van der Waals surface area contributed by atoms with Gasteiger partial charge in [0.1, 0.15) is 11.3 Å². The first kappa shape index (κ1) is 16.3. The highest BCUT2D eigenvalue weighted by Crippen LogP contribution is 2.29. The first-order valence-corrected chi connectivity index (χ1v) is 8.63. The minimum absolute atomic E-state index is 0.507. The van der Waals surface area contributed by atoms with Gasteiger partial charge in [-0.2, -0.15) is 5.10 Å². The van der Waals surface area contributed by atoms with Gasteiger partial charge in [-0.1, -0.05) is 33.1 Å². The van der Waals surface area contributed by atoms with Crippen molar-refractivity contribution in [1.82, 2.24) is 19.3 Å². The third kappa shape index (κ3) is 3.25. The van der Waals surface area contributed by atoms with Crippen molar-refractivity contribution in [1.29, 1.82) is 0 Å². The molecular formula is C16H27ClN4. The summed E-state index contributed by atoms with van der Waals surface area (Å²) in [5.41, 5.74) is 3.20. The first-order valence-electron chi connectivity index (χ1n) is 8.10. The second-order valence-corrected chi connectivity index (χ2v) is 6.18. The highest BCUT2D eigenvalue weighted by atomic mass is 35.5. The van der Waals surface area contributed by atoms with Crippen LogP contribution in [0.3, 0.4) is 0 Å². The molecule has 0 saturated carbocycles. The van der Waals surface area contributed by atoms with E-state index in [4.69, 9.17) is 16.6 Å². The van der Waals surface area contributed by atoms with Crippen molar-refractivity contribution in [3.8, 4) is 0 Å². The van der Waals surface area contributed by atoms with Gasteiger partial charge >= 0.3 is 0 Å². The number of alkyl halides is 1. The van der Waals surface area contributed by atoms with Crippen LogP contribution in [-0.2, 0) is 13.5 Å². The van der Waals surface area contributed by atoms with Gasteiger partial charge in [0.25, 0.3) is 0 Å². The monoisotopic (exact) mass is 310 g/mol. The summed E-state index contributed by atoms with van der Waals surface area (Å²) in [5, 5.41) is 4.54. The van der Waals surface area contributed by atoms with Crippen LogP contribution in [-0.4, -0.2) is 25.2 Å². The standard InChI is InChI=1S/C16H27ClN4/c1-5-7-9-13(8-6-2)21-14(10-11-17)18-15-12(3)19-20(4)16(15)21/h13H,5-11H2,1-4H3. The van der Waals surface area contributed by atoms with E-state index in [0.29, 0.717) is 11.9 Å². The SMILES string of the molecule is CCCCC(CCC)n1c(CCCl)nc2c(C)nn(C)c21. The van der Waals surface area contributed by atoms with Gasteiger partial charge < -0.3 is 4.57 Å². The summed E-state index contributed by atoms with van der Waals surface area (Å²) in [6.45, 7) is 6.54. The van der Waals surface area contributed by atoms with Gasteiger partial charge in [0.2, 0.25) is 0 Å². The third-order valence-corrected chi connectivity index (χ3v) is 4.29. The number of nitrogens with zero attached hydrogens (tertiary/aromatic N) is 4. The lowest BCUT2D eigenvalue weighted by Gasteiger charge is -2.21. The number of hydrogen-bond donors (Lipinski definition) is 0. The second kappa shape index (κ2) is 7.30. The van der Waals surface area contributed by atoms with Gasteiger partial charge in [0.15, 0.2) is 5.65 Å². The summed E-state index contributed by atoms with van der Waals surface area (Å²) < 4.78 is 4.39. The number of halogens is 1. The van der Waals surface area contributed by atoms with E-state index in [0.717, 1.165) is 29.1 Å². The highest BCUT2D eigenvalue weighted by molar-refractivity contribution is 6.17. The van der Waals surface area contributed by atoms with Crippen LogP contribution >= 0.6 is 11.6 Å². The summed E-state index contributed by atoms with van der Waals surface area (Å²) in [7, 11) is 2.01. The number of unbranched alkanes of at least 4 members (excludes halogenated alkanes) is 1. The van der Waals surface area contributed by atoms with E-state index < -0.39 is 0 Å². The zero-order chi connectivity index (χ0) is 15.4. The van der Waals surface area contributed by atoms with Crippen molar-refractivity contribution in [2.75, 3.05) is 5.88 Å². The van der Waals surface area contributed by atoms with Crippen molar-refractivity contribution >= 4 is 22.8 Å². The molecule has 1 unspecified atom stereocenters. The lowest BCUT2D eigenvalue weighted by atomic mass is 10.0. The lowest BCUT2D eigenvalue weighted by molar-refractivity contribution is 0.410. The summed E-state index contributed by atoms with van der Waals surface area (Å²) in [4.78, 5) is 4.83. The molecule has 2 heterocycles. The fraction of sp³-hybridized carbons (Fsp3) is 0.750. The maximum absolute atomic E-state index is 5.99. The van der Waals surface area contributed by atoms with Gasteiger partial charge in [0.05, 0.1) is 5.69 Å². The van der Waals surface area contributed by atoms with E-state index in [2.05, 4.69) is 23.5 Å². The third-order valence-electron chi connectivity index (χ3n) is 4.10. The Morgan fingerprint density at radius 3 is 2.57 bits per heavy atom. The summed E-state index contributed by atoms with van der Waals surface area (Å²) >= 11 is 5.99. The Hall–Kier alpha value is -1.03. The van der Waals surface area contributed by atoms with E-state index in [9.17, 15) is 0 Å². The van der Waals surface area contributed by atoms with Crippen LogP contribution in [0.4, 0.5) is 0 Å². The fourth-order valence-electron chi connectivity index (χ4n) is 3.16. The van der Waals surface area contributed by atoms with E-state index >= 15 is 0 Å². The molecule has 2 aromatic rings. The minimum atomic E-state index is 0.507. The maximum atomic E-state index is 5.99. The molecule has 0 aliphatic rings. The summed E-state index contributed by atoms with van der Waals surface area (Å²) in [6, 6.07) is 0.507. The Labute approximate surface area is 132 Å². The van der Waals surface area contributed by atoms with E-state index in [1.807, 2.05) is 18.7 Å². The number of fused-ring (bicyclic) bond motifs is 1. The topological polar surface area (TPSA) is 35.6 Å². The predicted molar refractivity (Wildman–Crippen MR) is 89.1 cm³/mol. The second-order valence-electron chi connectivity index (χ2n) is 5.80. The normalized spacial score (nSPS) is 13.2. The highest BCUT2D eigenvalue weighted by Gasteiger charge is 2.22. The summed E-state index contributed by atoms with van der Waals surface area (Å²) in [5.74, 6) is 1.73.